The van der Waals surface area contributed by atoms with Crippen LogP contribution in [0, 0.1) is 12.8 Å². The molecule has 0 aromatic heterocycles. The highest BCUT2D eigenvalue weighted by atomic mass is 35.5. The van der Waals surface area contributed by atoms with Gasteiger partial charge in [0.25, 0.3) is 5.91 Å². The summed E-state index contributed by atoms with van der Waals surface area (Å²) in [6, 6.07) is 11.7. The van der Waals surface area contributed by atoms with Gasteiger partial charge >= 0.3 is 0 Å². The van der Waals surface area contributed by atoms with Gasteiger partial charge in [-0.15, -0.1) is 0 Å². The number of methoxy groups -OCH3 is 1. The number of Topliss-reactive ketones (excluding diaryl/α,β-unsaturated/α-hetero) is 1. The van der Waals surface area contributed by atoms with E-state index in [4.69, 9.17) is 16.3 Å². The van der Waals surface area contributed by atoms with Gasteiger partial charge in [0, 0.05) is 11.6 Å². The number of rotatable bonds is 5. The first-order valence-electron chi connectivity index (χ1n) is 8.97. The maximum Gasteiger partial charge on any atom is 0.294 e. The molecule has 0 radical (unpaired) electrons. The second-order valence-electron chi connectivity index (χ2n) is 7.03. The Morgan fingerprint density at radius 2 is 1.89 bits per heavy atom. The Balaban J connectivity index is 2.22. The van der Waals surface area contributed by atoms with Gasteiger partial charge in [-0.2, -0.15) is 0 Å². The quantitative estimate of drug-likeness (QED) is 0.785. The van der Waals surface area contributed by atoms with Crippen molar-refractivity contribution >= 4 is 29.0 Å². The Bertz CT molecular complexity index is 980. The molecule has 6 heteroatoms. The van der Waals surface area contributed by atoms with E-state index in [1.54, 1.807) is 32.0 Å². The number of hydrogen-bond donors (Lipinski definition) is 1. The second-order valence-corrected chi connectivity index (χ2v) is 7.44. The molecule has 1 heterocycles. The van der Waals surface area contributed by atoms with Gasteiger partial charge in [0.2, 0.25) is 0 Å². The number of aliphatic hydroxyl groups excluding tert-OH is 1. The summed E-state index contributed by atoms with van der Waals surface area (Å²) in [6.45, 7) is 5.40. The van der Waals surface area contributed by atoms with Gasteiger partial charge in [0.1, 0.15) is 5.75 Å². The molecule has 5 nitrogen and oxygen atoms in total. The number of halogens is 1. The van der Waals surface area contributed by atoms with Gasteiger partial charge in [-0.1, -0.05) is 49.7 Å². The Hall–Kier alpha value is -2.79. The molecule has 0 aliphatic carbocycles. The monoisotopic (exact) mass is 399 g/mol. The van der Waals surface area contributed by atoms with Crippen LogP contribution in [0.4, 0.5) is 5.69 Å². The summed E-state index contributed by atoms with van der Waals surface area (Å²) in [5.41, 5.74) is 2.27. The molecule has 0 saturated heterocycles. The number of benzene rings is 2. The van der Waals surface area contributed by atoms with Crippen molar-refractivity contribution in [1.29, 1.82) is 0 Å². The fourth-order valence-electron chi connectivity index (χ4n) is 3.43. The Morgan fingerprint density at radius 3 is 2.46 bits per heavy atom. The van der Waals surface area contributed by atoms with Crippen molar-refractivity contribution in [2.75, 3.05) is 12.0 Å². The molecule has 1 atom stereocenters. The molecule has 0 fully saturated rings. The molecule has 0 spiro atoms. The Kier molecular flexibility index (Phi) is 5.47. The first kappa shape index (κ1) is 20.0. The molecule has 1 N–H and O–H groups in total. The third kappa shape index (κ3) is 3.27. The highest BCUT2D eigenvalue weighted by Crippen LogP contribution is 2.44. The number of hydrogen-bond acceptors (Lipinski definition) is 4. The number of nitrogens with zero attached hydrogens (tertiary/aromatic N) is 1. The zero-order valence-corrected chi connectivity index (χ0v) is 16.9. The average molecular weight is 400 g/mol. The maximum absolute atomic E-state index is 13.0. The van der Waals surface area contributed by atoms with Crippen LogP contribution >= 0.6 is 11.6 Å². The lowest BCUT2D eigenvalue weighted by Gasteiger charge is -2.28. The summed E-state index contributed by atoms with van der Waals surface area (Å²) in [5.74, 6) is -1.30. The van der Waals surface area contributed by atoms with Crippen molar-refractivity contribution in [2.45, 2.75) is 26.8 Å². The molecule has 1 aliphatic rings. The van der Waals surface area contributed by atoms with Crippen LogP contribution in [-0.4, -0.2) is 23.9 Å². The van der Waals surface area contributed by atoms with Crippen LogP contribution in [0.3, 0.4) is 0 Å². The molecule has 0 bridgehead atoms. The molecule has 2 aromatic rings. The second kappa shape index (κ2) is 7.68. The van der Waals surface area contributed by atoms with Crippen LogP contribution in [0.15, 0.2) is 53.8 Å². The minimum Gasteiger partial charge on any atom is -0.503 e. The van der Waals surface area contributed by atoms with E-state index in [9.17, 15) is 14.7 Å². The first-order valence-corrected chi connectivity index (χ1v) is 9.35. The van der Waals surface area contributed by atoms with Gasteiger partial charge in [0.15, 0.2) is 11.5 Å². The SMILES string of the molecule is COc1ccc(N2C(=O)C(O)=C(C(=O)C(C)C)C2c2ccccc2C)cc1Cl. The molecule has 2 aromatic carbocycles. The lowest BCUT2D eigenvalue weighted by atomic mass is 9.89. The van der Waals surface area contributed by atoms with Crippen LogP contribution in [0.1, 0.15) is 31.0 Å². The van der Waals surface area contributed by atoms with Crippen molar-refractivity contribution in [3.05, 3.63) is 69.9 Å². The van der Waals surface area contributed by atoms with E-state index in [-0.39, 0.29) is 17.3 Å². The molecule has 1 unspecified atom stereocenters. The maximum atomic E-state index is 13.0. The van der Waals surface area contributed by atoms with Crippen LogP contribution in [0.2, 0.25) is 5.02 Å². The lowest BCUT2D eigenvalue weighted by Crippen LogP contribution is -2.31. The Labute approximate surface area is 169 Å². The standard InChI is InChI=1S/C22H22ClNO4/c1-12(2)20(25)18-19(15-8-6-5-7-13(15)3)24(22(27)21(18)26)14-9-10-17(28-4)16(23)11-14/h5-12,19,26H,1-4H3. The van der Waals surface area contributed by atoms with Crippen molar-refractivity contribution < 1.29 is 19.4 Å². The highest BCUT2D eigenvalue weighted by Gasteiger charge is 2.45. The van der Waals surface area contributed by atoms with E-state index in [1.807, 2.05) is 31.2 Å². The van der Waals surface area contributed by atoms with Gasteiger partial charge < -0.3 is 9.84 Å². The van der Waals surface area contributed by atoms with Gasteiger partial charge in [-0.25, -0.2) is 0 Å². The van der Waals surface area contributed by atoms with Crippen molar-refractivity contribution in [3.63, 3.8) is 0 Å². The minimum absolute atomic E-state index is 0.112. The van der Waals surface area contributed by atoms with E-state index >= 15 is 0 Å². The van der Waals surface area contributed by atoms with E-state index in [0.717, 1.165) is 11.1 Å². The van der Waals surface area contributed by atoms with Gasteiger partial charge in [-0.05, 0) is 36.2 Å². The van der Waals surface area contributed by atoms with Gasteiger partial charge in [-0.3, -0.25) is 14.5 Å². The third-order valence-electron chi connectivity index (χ3n) is 4.89. The van der Waals surface area contributed by atoms with Crippen LogP contribution in [0.25, 0.3) is 0 Å². The largest absolute Gasteiger partial charge is 0.503 e. The van der Waals surface area contributed by atoms with Crippen LogP contribution < -0.4 is 9.64 Å². The summed E-state index contributed by atoms with van der Waals surface area (Å²) in [7, 11) is 1.50. The molecular formula is C22H22ClNO4. The smallest absolute Gasteiger partial charge is 0.294 e. The lowest BCUT2D eigenvalue weighted by molar-refractivity contribution is -0.119. The fraction of sp³-hybridized carbons (Fsp3) is 0.273. The van der Waals surface area contributed by atoms with Crippen molar-refractivity contribution in [1.82, 2.24) is 0 Å². The van der Waals surface area contributed by atoms with Gasteiger partial charge in [0.05, 0.1) is 23.7 Å². The summed E-state index contributed by atoms with van der Waals surface area (Å²) < 4.78 is 5.18. The number of ketones is 1. The van der Waals surface area contributed by atoms with E-state index < -0.39 is 17.7 Å². The summed E-state index contributed by atoms with van der Waals surface area (Å²) in [4.78, 5) is 27.3. The normalized spacial score (nSPS) is 16.9. The molecule has 3 rings (SSSR count). The molecule has 0 saturated carbocycles. The van der Waals surface area contributed by atoms with Crippen molar-refractivity contribution in [2.24, 2.45) is 5.92 Å². The predicted octanol–water partition coefficient (Wildman–Crippen LogP) is 4.78. The molecular weight excluding hydrogens is 378 g/mol. The summed E-state index contributed by atoms with van der Waals surface area (Å²) in [6.07, 6.45) is 0. The number of carbonyl (C=O) groups excluding carboxylic acids is 2. The number of anilines is 1. The third-order valence-corrected chi connectivity index (χ3v) is 5.19. The molecule has 28 heavy (non-hydrogen) atoms. The predicted molar refractivity (Wildman–Crippen MR) is 109 cm³/mol. The number of ether oxygens (including phenoxy) is 1. The van der Waals surface area contributed by atoms with Crippen LogP contribution in [0.5, 0.6) is 5.75 Å². The topological polar surface area (TPSA) is 66.8 Å². The molecule has 1 amide bonds. The molecule has 1 aliphatic heterocycles. The van der Waals surface area contributed by atoms with E-state index in [2.05, 4.69) is 0 Å². The first-order chi connectivity index (χ1) is 13.3. The molecule has 146 valence electrons. The summed E-state index contributed by atoms with van der Waals surface area (Å²) >= 11 is 6.26. The van der Waals surface area contributed by atoms with E-state index in [1.165, 1.54) is 12.0 Å². The fourth-order valence-corrected chi connectivity index (χ4v) is 3.68. The van der Waals surface area contributed by atoms with Crippen LogP contribution in [-0.2, 0) is 9.59 Å². The number of amides is 1. The number of aryl methyl sites for hydroxylation is 1. The summed E-state index contributed by atoms with van der Waals surface area (Å²) in [5, 5.41) is 10.9. The Morgan fingerprint density at radius 1 is 1.21 bits per heavy atom. The zero-order chi connectivity index (χ0) is 20.6. The minimum atomic E-state index is -0.729. The number of aliphatic hydroxyl groups is 1. The zero-order valence-electron chi connectivity index (χ0n) is 16.2. The van der Waals surface area contributed by atoms with Crippen molar-refractivity contribution in [3.8, 4) is 5.75 Å². The van der Waals surface area contributed by atoms with E-state index in [0.29, 0.717) is 16.5 Å². The average Bonchev–Trinajstić information content (AvgIpc) is 2.92. The highest BCUT2D eigenvalue weighted by molar-refractivity contribution is 6.32. The number of carbonyl (C=O) groups is 2.